The summed E-state index contributed by atoms with van der Waals surface area (Å²) in [6.07, 6.45) is 3.71. The summed E-state index contributed by atoms with van der Waals surface area (Å²) in [7, 11) is 3.16. The lowest BCUT2D eigenvalue weighted by atomic mass is 10.2. The first-order chi connectivity index (χ1) is 15.0. The lowest BCUT2D eigenvalue weighted by molar-refractivity contribution is 0.1000. The zero-order chi connectivity index (χ0) is 22.0. The Labute approximate surface area is 187 Å². The van der Waals surface area contributed by atoms with Gasteiger partial charge in [-0.1, -0.05) is 18.2 Å². The molecular formula is C22H21N3O4S2. The molecule has 0 aliphatic rings. The SMILES string of the molecule is COc1cc2ncn(-c3cc(OCc4ccccc4SC)c(C(N)=O)s3)c2cc1OC. The van der Waals surface area contributed by atoms with Crippen molar-refractivity contribution in [1.82, 2.24) is 9.55 Å². The first-order valence-electron chi connectivity index (χ1n) is 9.33. The van der Waals surface area contributed by atoms with E-state index in [0.29, 0.717) is 28.7 Å². The second-order valence-corrected chi connectivity index (χ2v) is 8.43. The third kappa shape index (κ3) is 4.06. The molecule has 1 amide bonds. The maximum Gasteiger partial charge on any atom is 0.262 e. The Morgan fingerprint density at radius 1 is 1.13 bits per heavy atom. The summed E-state index contributed by atoms with van der Waals surface area (Å²) >= 11 is 2.90. The first kappa shape index (κ1) is 21.1. The molecule has 0 fully saturated rings. The molecule has 0 saturated carbocycles. The molecule has 2 N–H and O–H groups in total. The largest absolute Gasteiger partial charge is 0.493 e. The van der Waals surface area contributed by atoms with E-state index in [4.69, 9.17) is 19.9 Å². The van der Waals surface area contributed by atoms with E-state index in [1.165, 1.54) is 11.3 Å². The predicted molar refractivity (Wildman–Crippen MR) is 123 cm³/mol. The molecule has 7 nitrogen and oxygen atoms in total. The van der Waals surface area contributed by atoms with Gasteiger partial charge in [-0.3, -0.25) is 9.36 Å². The normalized spacial score (nSPS) is 10.9. The third-order valence-electron chi connectivity index (χ3n) is 4.77. The van der Waals surface area contributed by atoms with Crippen LogP contribution in [0.15, 0.2) is 53.7 Å². The number of methoxy groups -OCH3 is 2. The summed E-state index contributed by atoms with van der Waals surface area (Å²) in [4.78, 5) is 18.0. The van der Waals surface area contributed by atoms with Crippen LogP contribution in [0.1, 0.15) is 15.2 Å². The Kier molecular flexibility index (Phi) is 6.06. The Morgan fingerprint density at radius 3 is 2.58 bits per heavy atom. The molecular weight excluding hydrogens is 434 g/mol. The van der Waals surface area contributed by atoms with E-state index in [1.54, 1.807) is 32.3 Å². The van der Waals surface area contributed by atoms with E-state index in [9.17, 15) is 4.79 Å². The molecule has 2 heterocycles. The second kappa shape index (κ2) is 8.91. The highest BCUT2D eigenvalue weighted by Gasteiger charge is 2.19. The van der Waals surface area contributed by atoms with Gasteiger partial charge in [0.1, 0.15) is 28.6 Å². The zero-order valence-electron chi connectivity index (χ0n) is 17.2. The van der Waals surface area contributed by atoms with Crippen LogP contribution < -0.4 is 19.9 Å². The van der Waals surface area contributed by atoms with Crippen LogP contribution in [0.3, 0.4) is 0 Å². The van der Waals surface area contributed by atoms with E-state index in [0.717, 1.165) is 26.5 Å². The average molecular weight is 456 g/mol. The number of carbonyl (C=O) groups excluding carboxylic acids is 1. The van der Waals surface area contributed by atoms with E-state index >= 15 is 0 Å². The van der Waals surface area contributed by atoms with Crippen molar-refractivity contribution in [3.8, 4) is 22.2 Å². The van der Waals surface area contributed by atoms with Gasteiger partial charge in [0.15, 0.2) is 11.5 Å². The number of primary amides is 1. The van der Waals surface area contributed by atoms with Crippen LogP contribution in [-0.2, 0) is 6.61 Å². The minimum atomic E-state index is -0.534. The van der Waals surface area contributed by atoms with Crippen molar-refractivity contribution >= 4 is 40.0 Å². The van der Waals surface area contributed by atoms with Crippen LogP contribution in [0.4, 0.5) is 0 Å². The minimum Gasteiger partial charge on any atom is -0.493 e. The molecule has 0 saturated heterocycles. The standard InChI is InChI=1S/C22H21N3O4S2/c1-27-16-8-14-15(9-17(16)28-2)25(12-24-14)20-10-18(21(31-20)22(23)26)29-11-13-6-4-5-7-19(13)30-3/h4-10,12H,11H2,1-3H3,(H2,23,26). The highest BCUT2D eigenvalue weighted by molar-refractivity contribution is 7.98. The van der Waals surface area contributed by atoms with Crippen LogP contribution in [0.2, 0.25) is 0 Å². The van der Waals surface area contributed by atoms with Gasteiger partial charge in [-0.25, -0.2) is 4.98 Å². The monoisotopic (exact) mass is 455 g/mol. The summed E-state index contributed by atoms with van der Waals surface area (Å²) in [6, 6.07) is 13.5. The van der Waals surface area contributed by atoms with Crippen LogP contribution in [0, 0.1) is 0 Å². The average Bonchev–Trinajstić information content (AvgIpc) is 3.40. The van der Waals surface area contributed by atoms with Crippen LogP contribution in [-0.4, -0.2) is 35.9 Å². The molecule has 9 heteroatoms. The Morgan fingerprint density at radius 2 is 1.87 bits per heavy atom. The lowest BCUT2D eigenvalue weighted by Crippen LogP contribution is -2.10. The number of thioether (sulfide) groups is 1. The molecule has 2 aromatic carbocycles. The fourth-order valence-electron chi connectivity index (χ4n) is 3.25. The highest BCUT2D eigenvalue weighted by atomic mass is 32.2. The predicted octanol–water partition coefficient (Wildman–Crippen LogP) is 4.50. The lowest BCUT2D eigenvalue weighted by Gasteiger charge is -2.09. The van der Waals surface area contributed by atoms with Crippen molar-refractivity contribution in [3.63, 3.8) is 0 Å². The topological polar surface area (TPSA) is 88.6 Å². The molecule has 0 aliphatic heterocycles. The maximum absolute atomic E-state index is 12.1. The minimum absolute atomic E-state index is 0.336. The Bertz CT molecular complexity index is 1250. The molecule has 31 heavy (non-hydrogen) atoms. The summed E-state index contributed by atoms with van der Waals surface area (Å²) in [5.41, 5.74) is 8.23. The molecule has 0 spiro atoms. The second-order valence-electron chi connectivity index (χ2n) is 6.55. The number of nitrogens with two attached hydrogens (primary N) is 1. The smallest absolute Gasteiger partial charge is 0.262 e. The van der Waals surface area contributed by atoms with E-state index < -0.39 is 5.91 Å². The van der Waals surface area contributed by atoms with Gasteiger partial charge in [-0.15, -0.1) is 23.1 Å². The van der Waals surface area contributed by atoms with Gasteiger partial charge in [0.2, 0.25) is 0 Å². The number of rotatable bonds is 8. The molecule has 4 aromatic rings. The number of aromatic nitrogens is 2. The Hall–Kier alpha value is -3.17. The molecule has 0 bridgehead atoms. The van der Waals surface area contributed by atoms with Crippen LogP contribution in [0.5, 0.6) is 17.2 Å². The van der Waals surface area contributed by atoms with Gasteiger partial charge < -0.3 is 19.9 Å². The van der Waals surface area contributed by atoms with Crippen LogP contribution >= 0.6 is 23.1 Å². The maximum atomic E-state index is 12.1. The number of imidazole rings is 1. The van der Waals surface area contributed by atoms with Gasteiger partial charge in [-0.2, -0.15) is 0 Å². The van der Waals surface area contributed by atoms with Crippen LogP contribution in [0.25, 0.3) is 16.0 Å². The molecule has 4 rings (SSSR count). The quantitative estimate of drug-likeness (QED) is 0.394. The number of thiophene rings is 1. The molecule has 0 aliphatic carbocycles. The number of carbonyl (C=O) groups is 1. The molecule has 0 radical (unpaired) electrons. The summed E-state index contributed by atoms with van der Waals surface area (Å²) in [5.74, 6) is 1.10. The molecule has 0 atom stereocenters. The fraction of sp³-hybridized carbons (Fsp3) is 0.182. The number of benzene rings is 2. The van der Waals surface area contributed by atoms with Gasteiger partial charge >= 0.3 is 0 Å². The number of ether oxygens (including phenoxy) is 3. The van der Waals surface area contributed by atoms with Crippen molar-refractivity contribution in [2.75, 3.05) is 20.5 Å². The van der Waals surface area contributed by atoms with E-state index in [-0.39, 0.29) is 0 Å². The number of hydrogen-bond donors (Lipinski definition) is 1. The van der Waals surface area contributed by atoms with Crippen molar-refractivity contribution in [2.45, 2.75) is 11.5 Å². The third-order valence-corrected chi connectivity index (χ3v) is 6.74. The highest BCUT2D eigenvalue weighted by Crippen LogP contribution is 2.37. The molecule has 0 unspecified atom stereocenters. The number of fused-ring (bicyclic) bond motifs is 1. The van der Waals surface area contributed by atoms with E-state index in [1.807, 2.05) is 53.3 Å². The van der Waals surface area contributed by atoms with Gasteiger partial charge in [-0.05, 0) is 12.3 Å². The summed E-state index contributed by atoms with van der Waals surface area (Å²) in [5, 5.41) is 0.761. The zero-order valence-corrected chi connectivity index (χ0v) is 18.9. The molecule has 160 valence electrons. The number of amides is 1. The van der Waals surface area contributed by atoms with Gasteiger partial charge in [0.05, 0.1) is 25.3 Å². The molecule has 2 aromatic heterocycles. The first-order valence-corrected chi connectivity index (χ1v) is 11.4. The van der Waals surface area contributed by atoms with Crippen molar-refractivity contribution < 1.29 is 19.0 Å². The van der Waals surface area contributed by atoms with Crippen molar-refractivity contribution in [3.05, 3.63) is 59.2 Å². The fourth-order valence-corrected chi connectivity index (χ4v) is 4.79. The van der Waals surface area contributed by atoms with E-state index in [2.05, 4.69) is 4.98 Å². The summed E-state index contributed by atoms with van der Waals surface area (Å²) in [6.45, 7) is 0.336. The van der Waals surface area contributed by atoms with Gasteiger partial charge in [0, 0.05) is 28.7 Å². The number of nitrogens with zero attached hydrogens (tertiary/aromatic N) is 2. The van der Waals surface area contributed by atoms with Crippen molar-refractivity contribution in [2.24, 2.45) is 5.73 Å². The number of hydrogen-bond acceptors (Lipinski definition) is 7. The summed E-state index contributed by atoms with van der Waals surface area (Å²) < 4.78 is 18.7. The van der Waals surface area contributed by atoms with Crippen molar-refractivity contribution in [1.29, 1.82) is 0 Å². The Balaban J connectivity index is 1.71. The van der Waals surface area contributed by atoms with Gasteiger partial charge in [0.25, 0.3) is 5.91 Å².